The van der Waals surface area contributed by atoms with Crippen molar-refractivity contribution in [3.8, 4) is 11.5 Å². The normalized spacial score (nSPS) is 15.1. The van der Waals surface area contributed by atoms with Gasteiger partial charge < -0.3 is 28.5 Å². The maximum atomic E-state index is 12.9. The summed E-state index contributed by atoms with van der Waals surface area (Å²) < 4.78 is 105. The monoisotopic (exact) mass is 702 g/mol. The fourth-order valence-corrected chi connectivity index (χ4v) is 5.41. The number of hydrogen-bond acceptors (Lipinski definition) is 17. The summed E-state index contributed by atoms with van der Waals surface area (Å²) >= 11 is 0. The van der Waals surface area contributed by atoms with Gasteiger partial charge in [-0.3, -0.25) is 8.98 Å². The van der Waals surface area contributed by atoms with Crippen LogP contribution in [0.25, 0.3) is 0 Å². The molecule has 0 aromatic heterocycles. The summed E-state index contributed by atoms with van der Waals surface area (Å²) in [5.41, 5.74) is -1.23. The molecular weight excluding hydrogens is 685 g/mol. The number of rotatable bonds is 12. The average Bonchev–Trinajstić information content (AvgIpc) is 3.21. The van der Waals surface area contributed by atoms with Crippen LogP contribution in [0.5, 0.6) is 11.5 Å². The summed E-state index contributed by atoms with van der Waals surface area (Å²) in [5, 5.41) is 23.3. The van der Waals surface area contributed by atoms with Gasteiger partial charge >= 0.3 is 88.7 Å². The number of nitrogens with zero attached hydrogens (tertiary/aromatic N) is 4. The molecule has 0 saturated heterocycles. The topological polar surface area (TPSA) is 274 Å². The fourth-order valence-electron chi connectivity index (χ4n) is 3.29. The van der Waals surface area contributed by atoms with Crippen LogP contribution < -0.4 is 108 Å². The third-order valence-electron chi connectivity index (χ3n) is 5.15. The molecular formula is C20H17N4Na3O14S3. The molecule has 0 bridgehead atoms. The summed E-state index contributed by atoms with van der Waals surface area (Å²) in [5.74, 6) is -4.48. The van der Waals surface area contributed by atoms with Crippen LogP contribution >= 0.6 is 0 Å². The second-order valence-corrected chi connectivity index (χ2v) is 12.2. The summed E-state index contributed by atoms with van der Waals surface area (Å²) in [6.45, 7) is -0.984. The van der Waals surface area contributed by atoms with Gasteiger partial charge in [0.05, 0.1) is 43.1 Å². The van der Waals surface area contributed by atoms with Gasteiger partial charge in [-0.05, 0) is 24.3 Å². The van der Waals surface area contributed by atoms with E-state index < -0.39 is 76.1 Å². The number of carbonyl (C=O) groups excluding carboxylic acids is 2. The van der Waals surface area contributed by atoms with Crippen molar-refractivity contribution in [2.75, 3.05) is 31.6 Å². The number of carboxylic acids is 1. The number of hydrogen-bond donors (Lipinski definition) is 0. The van der Waals surface area contributed by atoms with E-state index in [9.17, 15) is 49.1 Å². The number of aliphatic carboxylic acids is 1. The molecule has 1 aliphatic heterocycles. The number of benzene rings is 2. The number of ether oxygens (including phenoxy) is 2. The molecule has 0 fully saturated rings. The minimum absolute atomic E-state index is 0. The van der Waals surface area contributed by atoms with E-state index in [2.05, 4.69) is 19.5 Å². The molecule has 1 unspecified atom stereocenters. The van der Waals surface area contributed by atoms with Gasteiger partial charge in [0.25, 0.3) is 5.91 Å². The van der Waals surface area contributed by atoms with Gasteiger partial charge in [0, 0.05) is 12.1 Å². The molecule has 2 aromatic carbocycles. The van der Waals surface area contributed by atoms with Gasteiger partial charge in [0.2, 0.25) is 10.4 Å². The van der Waals surface area contributed by atoms with E-state index in [1.807, 2.05) is 0 Å². The minimum atomic E-state index is -5.15. The zero-order chi connectivity index (χ0) is 30.8. The molecule has 24 heteroatoms. The summed E-state index contributed by atoms with van der Waals surface area (Å²) in [4.78, 5) is 23.5. The van der Waals surface area contributed by atoms with E-state index in [1.165, 1.54) is 0 Å². The van der Waals surface area contributed by atoms with Crippen LogP contribution in [-0.2, 0) is 44.1 Å². The Hall–Kier alpha value is -1.02. The number of methoxy groups -OCH3 is 2. The van der Waals surface area contributed by atoms with E-state index in [1.54, 1.807) is 0 Å². The molecule has 1 heterocycles. The number of amides is 1. The van der Waals surface area contributed by atoms with Crippen molar-refractivity contribution in [1.29, 1.82) is 0 Å². The van der Waals surface area contributed by atoms with Gasteiger partial charge in [-0.25, -0.2) is 25.3 Å². The predicted molar refractivity (Wildman–Crippen MR) is 130 cm³/mol. The molecule has 1 amide bonds. The van der Waals surface area contributed by atoms with E-state index in [0.29, 0.717) is 5.01 Å². The number of carbonyl (C=O) groups is 2. The third kappa shape index (κ3) is 10.8. The van der Waals surface area contributed by atoms with Crippen LogP contribution in [-0.4, -0.2) is 84.6 Å². The van der Waals surface area contributed by atoms with Gasteiger partial charge in [-0.2, -0.15) is 20.3 Å². The van der Waals surface area contributed by atoms with Crippen molar-refractivity contribution in [2.45, 2.75) is 15.8 Å². The second kappa shape index (κ2) is 17.2. The smallest absolute Gasteiger partial charge is 0.744 e. The first-order chi connectivity index (χ1) is 19.0. The van der Waals surface area contributed by atoms with Gasteiger partial charge in [-0.15, -0.1) is 0 Å². The molecule has 1 atom stereocenters. The second-order valence-electron chi connectivity index (χ2n) is 7.71. The molecule has 0 spiro atoms. The summed E-state index contributed by atoms with van der Waals surface area (Å²) in [6.07, 6.45) is 0. The maximum Gasteiger partial charge on any atom is 1.00 e. The van der Waals surface area contributed by atoms with E-state index in [-0.39, 0.29) is 112 Å². The Morgan fingerprint density at radius 3 is 2.00 bits per heavy atom. The fraction of sp³-hybridized carbons (Fsp3) is 0.250. The van der Waals surface area contributed by atoms with Crippen molar-refractivity contribution < 1.29 is 151 Å². The number of carboxylic acid groups (broad SMARTS) is 1. The van der Waals surface area contributed by atoms with Crippen molar-refractivity contribution in [1.82, 2.24) is 0 Å². The van der Waals surface area contributed by atoms with E-state index >= 15 is 0 Å². The first-order valence-corrected chi connectivity index (χ1v) is 15.1. The SMILES string of the molecule is COc1cc(S(=O)(=O)CCOS(=O)(=O)[O-])c(OC)cc1N=NC1C(=O)N(c2ccc(S(=O)(=O)[O-])cc2)N=C1C(=O)[O-].[Na+].[Na+].[Na+]. The molecule has 0 aliphatic carbocycles. The number of anilines is 1. The van der Waals surface area contributed by atoms with Crippen LogP contribution in [0.15, 0.2) is 61.5 Å². The quantitative estimate of drug-likeness (QED) is 0.0860. The van der Waals surface area contributed by atoms with Crippen LogP contribution in [0.2, 0.25) is 0 Å². The Balaban J connectivity index is 0.00000616. The Labute approximate surface area is 317 Å². The van der Waals surface area contributed by atoms with Gasteiger partial charge in [0.1, 0.15) is 37.9 Å². The minimum Gasteiger partial charge on any atom is -0.744 e. The first-order valence-electron chi connectivity index (χ1n) is 10.7. The Kier molecular flexibility index (Phi) is 16.8. The van der Waals surface area contributed by atoms with Crippen LogP contribution in [0.4, 0.5) is 11.4 Å². The molecule has 0 N–H and O–H groups in total. The third-order valence-corrected chi connectivity index (χ3v) is 8.15. The van der Waals surface area contributed by atoms with Gasteiger partial charge in [-0.1, -0.05) is 0 Å². The zero-order valence-electron chi connectivity index (χ0n) is 23.7. The number of azo groups is 1. The Morgan fingerprint density at radius 2 is 1.52 bits per heavy atom. The number of hydrazone groups is 1. The van der Waals surface area contributed by atoms with Crippen molar-refractivity contribution in [3.05, 3.63) is 36.4 Å². The molecule has 2 aromatic rings. The zero-order valence-corrected chi connectivity index (χ0v) is 32.1. The van der Waals surface area contributed by atoms with Crippen molar-refractivity contribution in [2.24, 2.45) is 15.3 Å². The first kappa shape index (κ1) is 43.0. The Bertz CT molecular complexity index is 1770. The van der Waals surface area contributed by atoms with E-state index in [0.717, 1.165) is 50.6 Å². The molecule has 44 heavy (non-hydrogen) atoms. The molecule has 0 radical (unpaired) electrons. The van der Waals surface area contributed by atoms with Crippen molar-refractivity contribution in [3.63, 3.8) is 0 Å². The largest absolute Gasteiger partial charge is 1.00 e. The Morgan fingerprint density at radius 1 is 0.955 bits per heavy atom. The molecule has 18 nitrogen and oxygen atoms in total. The molecule has 0 saturated carbocycles. The van der Waals surface area contributed by atoms with Crippen molar-refractivity contribution >= 4 is 59.3 Å². The average molecular weight is 703 g/mol. The molecule has 1 aliphatic rings. The standard InChI is InChI=1S/C20H20N4O14S3.3Na/c1-36-14-10-16(39(28,29)8-7-38-41(33,34)35)15(37-2)9-13(14)21-22-17-18(20(26)27)23-24(19(17)25)11-3-5-12(6-4-11)40(30,31)32;;;/h3-6,9-10,17H,7-8H2,1-2H3,(H,26,27)(H,30,31,32)(H,33,34,35);;;/q;3*+1/p-3. The summed E-state index contributed by atoms with van der Waals surface area (Å²) in [6, 6.07) is 3.89. The van der Waals surface area contributed by atoms with Crippen LogP contribution in [0.3, 0.4) is 0 Å². The molecule has 3 rings (SSSR count). The maximum absolute atomic E-state index is 12.9. The summed E-state index contributed by atoms with van der Waals surface area (Å²) in [7, 11) is -12.1. The van der Waals surface area contributed by atoms with E-state index in [4.69, 9.17) is 9.47 Å². The van der Waals surface area contributed by atoms with Gasteiger partial charge in [0.15, 0.2) is 15.9 Å². The number of sulfone groups is 1. The van der Waals surface area contributed by atoms with Crippen LogP contribution in [0, 0.1) is 0 Å². The van der Waals surface area contributed by atoms with Crippen LogP contribution in [0.1, 0.15) is 0 Å². The predicted octanol–water partition coefficient (Wildman–Crippen LogP) is -10.5. The molecule has 222 valence electrons.